The fraction of sp³-hybridized carbons (Fsp3) is 0.188. The van der Waals surface area contributed by atoms with Crippen molar-refractivity contribution < 1.29 is 0 Å². The van der Waals surface area contributed by atoms with Crippen molar-refractivity contribution >= 4 is 10.9 Å². The second-order valence-corrected chi connectivity index (χ2v) is 5.07. The summed E-state index contributed by atoms with van der Waals surface area (Å²) in [6.07, 6.45) is 0. The molecular weight excluding hydrogens is 250 g/mol. The van der Waals surface area contributed by atoms with Gasteiger partial charge in [-0.1, -0.05) is 46.7 Å². The van der Waals surface area contributed by atoms with Gasteiger partial charge in [0.25, 0.3) is 5.56 Å². The molecule has 2 aromatic carbocycles. The zero-order valence-corrected chi connectivity index (χ0v) is 11.5. The third-order valence-corrected chi connectivity index (χ3v) is 3.24. The Morgan fingerprint density at radius 2 is 1.75 bits per heavy atom. The highest BCUT2D eigenvalue weighted by Gasteiger charge is 2.06. The van der Waals surface area contributed by atoms with E-state index in [-0.39, 0.29) is 5.56 Å². The molecule has 0 amide bonds. The average Bonchev–Trinajstić information content (AvgIpc) is 2.41. The van der Waals surface area contributed by atoms with Crippen molar-refractivity contribution in [3.05, 3.63) is 69.5 Å². The quantitative estimate of drug-likeness (QED) is 0.715. The fourth-order valence-electron chi connectivity index (χ4n) is 2.46. The van der Waals surface area contributed by atoms with Crippen LogP contribution in [-0.4, -0.2) is 15.0 Å². The summed E-state index contributed by atoms with van der Waals surface area (Å²) < 4.78 is 1.41. The Balaban J connectivity index is 2.07. The second-order valence-electron chi connectivity index (χ2n) is 5.07. The highest BCUT2D eigenvalue weighted by molar-refractivity contribution is 5.76. The summed E-state index contributed by atoms with van der Waals surface area (Å²) in [4.78, 5) is 12.4. The van der Waals surface area contributed by atoms with Gasteiger partial charge in [-0.05, 0) is 31.5 Å². The molecular formula is C16H15N3O. The number of aryl methyl sites for hydroxylation is 2. The molecule has 1 aromatic heterocycles. The van der Waals surface area contributed by atoms with E-state index in [1.165, 1.54) is 15.8 Å². The monoisotopic (exact) mass is 265 g/mol. The molecule has 0 aliphatic rings. The molecule has 0 spiro atoms. The van der Waals surface area contributed by atoms with Gasteiger partial charge in [0, 0.05) is 0 Å². The van der Waals surface area contributed by atoms with E-state index in [1.54, 1.807) is 12.1 Å². The van der Waals surface area contributed by atoms with E-state index < -0.39 is 0 Å². The van der Waals surface area contributed by atoms with E-state index in [2.05, 4.69) is 28.5 Å². The highest BCUT2D eigenvalue weighted by atomic mass is 16.1. The Bertz CT molecular complexity index is 816. The van der Waals surface area contributed by atoms with Gasteiger partial charge in [-0.15, -0.1) is 5.10 Å². The Morgan fingerprint density at radius 1 is 1.05 bits per heavy atom. The number of benzene rings is 2. The first-order valence-corrected chi connectivity index (χ1v) is 6.53. The lowest BCUT2D eigenvalue weighted by Crippen LogP contribution is -2.24. The molecule has 0 saturated carbocycles. The van der Waals surface area contributed by atoms with Gasteiger partial charge in [-0.3, -0.25) is 4.79 Å². The molecule has 1 heterocycles. The van der Waals surface area contributed by atoms with Crippen LogP contribution in [-0.2, 0) is 6.54 Å². The predicted octanol–water partition coefficient (Wildman–Crippen LogP) is 2.46. The van der Waals surface area contributed by atoms with Crippen LogP contribution in [0.2, 0.25) is 0 Å². The van der Waals surface area contributed by atoms with Crippen molar-refractivity contribution in [3.8, 4) is 0 Å². The van der Waals surface area contributed by atoms with Gasteiger partial charge < -0.3 is 0 Å². The summed E-state index contributed by atoms with van der Waals surface area (Å²) in [6, 6.07) is 13.5. The van der Waals surface area contributed by atoms with Gasteiger partial charge >= 0.3 is 0 Å². The Labute approximate surface area is 116 Å². The zero-order chi connectivity index (χ0) is 14.1. The molecule has 0 radical (unpaired) electrons. The predicted molar refractivity (Wildman–Crippen MR) is 78.8 cm³/mol. The van der Waals surface area contributed by atoms with E-state index in [0.29, 0.717) is 17.4 Å². The first kappa shape index (κ1) is 12.5. The number of rotatable bonds is 2. The number of fused-ring (bicyclic) bond motifs is 1. The minimum Gasteiger partial charge on any atom is -0.267 e. The van der Waals surface area contributed by atoms with E-state index in [1.807, 2.05) is 26.0 Å². The van der Waals surface area contributed by atoms with Crippen molar-refractivity contribution in [1.29, 1.82) is 0 Å². The van der Waals surface area contributed by atoms with Crippen molar-refractivity contribution in [3.63, 3.8) is 0 Å². The van der Waals surface area contributed by atoms with Crippen LogP contribution in [0.3, 0.4) is 0 Å². The Morgan fingerprint density at radius 3 is 2.50 bits per heavy atom. The van der Waals surface area contributed by atoms with Gasteiger partial charge in [0.05, 0.1) is 11.9 Å². The lowest BCUT2D eigenvalue weighted by atomic mass is 10.1. The topological polar surface area (TPSA) is 47.8 Å². The maximum absolute atomic E-state index is 12.4. The van der Waals surface area contributed by atoms with Crippen molar-refractivity contribution in [2.45, 2.75) is 20.4 Å². The maximum atomic E-state index is 12.4. The standard InChI is InChI=1S/C16H15N3O/c1-11-7-12(2)9-13(8-11)10-19-16(20)14-5-3-4-6-15(14)17-18-19/h3-9H,10H2,1-2H3. The normalized spacial score (nSPS) is 10.9. The number of hydrogen-bond acceptors (Lipinski definition) is 3. The van der Waals surface area contributed by atoms with Crippen LogP contribution in [0.15, 0.2) is 47.3 Å². The van der Waals surface area contributed by atoms with E-state index in [9.17, 15) is 4.79 Å². The van der Waals surface area contributed by atoms with Gasteiger partial charge in [0.15, 0.2) is 0 Å². The molecule has 0 aliphatic heterocycles. The van der Waals surface area contributed by atoms with Gasteiger partial charge in [-0.25, -0.2) is 4.68 Å². The highest BCUT2D eigenvalue weighted by Crippen LogP contribution is 2.10. The molecule has 20 heavy (non-hydrogen) atoms. The molecule has 0 aliphatic carbocycles. The lowest BCUT2D eigenvalue weighted by molar-refractivity contribution is 0.600. The zero-order valence-electron chi connectivity index (χ0n) is 11.5. The summed E-state index contributed by atoms with van der Waals surface area (Å²) in [7, 11) is 0. The third kappa shape index (κ3) is 2.32. The minimum absolute atomic E-state index is 0.102. The smallest absolute Gasteiger partial charge is 0.267 e. The summed E-state index contributed by atoms with van der Waals surface area (Å²) in [5.41, 5.74) is 3.96. The number of nitrogens with zero attached hydrogens (tertiary/aromatic N) is 3. The molecule has 0 N–H and O–H groups in total. The number of hydrogen-bond donors (Lipinski definition) is 0. The van der Waals surface area contributed by atoms with Crippen molar-refractivity contribution in [1.82, 2.24) is 15.0 Å². The Kier molecular flexibility index (Phi) is 3.06. The molecule has 0 fully saturated rings. The molecule has 4 heteroatoms. The SMILES string of the molecule is Cc1cc(C)cc(Cn2nnc3ccccc3c2=O)c1. The Hall–Kier alpha value is -2.49. The van der Waals surface area contributed by atoms with Crippen LogP contribution in [0.1, 0.15) is 16.7 Å². The molecule has 0 atom stereocenters. The van der Waals surface area contributed by atoms with Crippen LogP contribution in [0.25, 0.3) is 10.9 Å². The summed E-state index contributed by atoms with van der Waals surface area (Å²) in [5, 5.41) is 8.71. The summed E-state index contributed by atoms with van der Waals surface area (Å²) >= 11 is 0. The number of aromatic nitrogens is 3. The van der Waals surface area contributed by atoms with E-state index >= 15 is 0 Å². The molecule has 4 nitrogen and oxygen atoms in total. The maximum Gasteiger partial charge on any atom is 0.277 e. The third-order valence-electron chi connectivity index (χ3n) is 3.24. The van der Waals surface area contributed by atoms with Crippen molar-refractivity contribution in [2.24, 2.45) is 0 Å². The molecule has 3 rings (SSSR count). The molecule has 0 saturated heterocycles. The van der Waals surface area contributed by atoms with Crippen LogP contribution in [0.5, 0.6) is 0 Å². The minimum atomic E-state index is -0.102. The van der Waals surface area contributed by atoms with E-state index in [4.69, 9.17) is 0 Å². The second kappa shape index (κ2) is 4.89. The molecule has 0 bridgehead atoms. The van der Waals surface area contributed by atoms with Crippen LogP contribution >= 0.6 is 0 Å². The largest absolute Gasteiger partial charge is 0.277 e. The summed E-state index contributed by atoms with van der Waals surface area (Å²) in [6.45, 7) is 4.54. The lowest BCUT2D eigenvalue weighted by Gasteiger charge is -2.07. The van der Waals surface area contributed by atoms with Crippen molar-refractivity contribution in [2.75, 3.05) is 0 Å². The molecule has 0 unspecified atom stereocenters. The van der Waals surface area contributed by atoms with Crippen LogP contribution < -0.4 is 5.56 Å². The summed E-state index contributed by atoms with van der Waals surface area (Å²) in [5.74, 6) is 0. The average molecular weight is 265 g/mol. The van der Waals surface area contributed by atoms with Crippen LogP contribution in [0, 0.1) is 13.8 Å². The first-order valence-electron chi connectivity index (χ1n) is 6.53. The molecule has 3 aromatic rings. The first-order chi connectivity index (χ1) is 9.63. The molecule has 100 valence electrons. The van der Waals surface area contributed by atoms with Gasteiger partial charge in [0.1, 0.15) is 5.52 Å². The fourth-order valence-corrected chi connectivity index (χ4v) is 2.46. The van der Waals surface area contributed by atoms with E-state index in [0.717, 1.165) is 5.56 Å². The van der Waals surface area contributed by atoms with Gasteiger partial charge in [0.2, 0.25) is 0 Å². The van der Waals surface area contributed by atoms with Crippen LogP contribution in [0.4, 0.5) is 0 Å². The van der Waals surface area contributed by atoms with Gasteiger partial charge in [-0.2, -0.15) is 0 Å².